The Morgan fingerprint density at radius 1 is 1.53 bits per heavy atom. The van der Waals surface area contributed by atoms with Crippen molar-refractivity contribution in [3.8, 4) is 0 Å². The van der Waals surface area contributed by atoms with Gasteiger partial charge in [0.25, 0.3) is 5.91 Å². The number of benzene rings is 1. The van der Waals surface area contributed by atoms with Crippen LogP contribution in [0.4, 0.5) is 4.39 Å². The molecule has 1 amide bonds. The van der Waals surface area contributed by atoms with Crippen molar-refractivity contribution < 1.29 is 9.18 Å². The molecule has 2 nitrogen and oxygen atoms in total. The highest BCUT2D eigenvalue weighted by Gasteiger charge is 2.14. The second-order valence-electron chi connectivity index (χ2n) is 3.70. The molecule has 1 atom stereocenters. The molecule has 0 spiro atoms. The monoisotopic (exact) mass is 277 g/mol. The predicted octanol–water partition coefficient (Wildman–Crippen LogP) is 3.62. The molecule has 1 aromatic rings. The van der Waals surface area contributed by atoms with Crippen LogP contribution in [0.5, 0.6) is 0 Å². The smallest absolute Gasteiger partial charge is 0.252 e. The third kappa shape index (κ3) is 4.17. The van der Waals surface area contributed by atoms with Crippen molar-refractivity contribution in [2.45, 2.75) is 25.1 Å². The van der Waals surface area contributed by atoms with Gasteiger partial charge < -0.3 is 5.32 Å². The largest absolute Gasteiger partial charge is 0.351 e. The van der Waals surface area contributed by atoms with Gasteiger partial charge in [0.15, 0.2) is 0 Å². The summed E-state index contributed by atoms with van der Waals surface area (Å²) < 4.78 is 13.1. The fourth-order valence-corrected chi connectivity index (χ4v) is 1.90. The first-order valence-electron chi connectivity index (χ1n) is 5.42. The molecule has 1 aromatic carbocycles. The molecule has 0 bridgehead atoms. The zero-order chi connectivity index (χ0) is 12.8. The third-order valence-corrected chi connectivity index (χ3v) is 3.04. The fraction of sp³-hybridized carbons (Fsp3) is 0.417. The molecule has 1 N–H and O–H groups in total. The Morgan fingerprint density at radius 2 is 2.24 bits per heavy atom. The summed E-state index contributed by atoms with van der Waals surface area (Å²) >= 11 is 11.7. The van der Waals surface area contributed by atoms with Gasteiger partial charge in [-0.2, -0.15) is 0 Å². The Kier molecular flexibility index (Phi) is 5.72. The maximum Gasteiger partial charge on any atom is 0.252 e. The van der Waals surface area contributed by atoms with Gasteiger partial charge in [-0.15, -0.1) is 11.6 Å². The van der Waals surface area contributed by atoms with E-state index in [0.717, 1.165) is 12.8 Å². The highest BCUT2D eigenvalue weighted by Crippen LogP contribution is 2.19. The highest BCUT2D eigenvalue weighted by atomic mass is 35.5. The molecule has 1 rings (SSSR count). The van der Waals surface area contributed by atoms with E-state index in [2.05, 4.69) is 5.32 Å². The van der Waals surface area contributed by atoms with Crippen molar-refractivity contribution in [2.24, 2.45) is 0 Å². The lowest BCUT2D eigenvalue weighted by atomic mass is 10.2. The van der Waals surface area contributed by atoms with Gasteiger partial charge in [-0.05, 0) is 18.6 Å². The summed E-state index contributed by atoms with van der Waals surface area (Å²) in [5.74, 6) is -1.01. The molecule has 0 aliphatic heterocycles. The molecule has 0 saturated carbocycles. The molecule has 0 aliphatic carbocycles. The number of alkyl halides is 1. The van der Waals surface area contributed by atoms with Gasteiger partial charge in [0.2, 0.25) is 0 Å². The second kappa shape index (κ2) is 6.82. The van der Waals surface area contributed by atoms with Gasteiger partial charge in [-0.25, -0.2) is 4.39 Å². The molecule has 94 valence electrons. The molecule has 0 saturated heterocycles. The lowest BCUT2D eigenvalue weighted by Gasteiger charge is -2.10. The second-order valence-corrected chi connectivity index (χ2v) is 4.69. The summed E-state index contributed by atoms with van der Waals surface area (Å²) in [6.07, 6.45) is 1.77. The van der Waals surface area contributed by atoms with Crippen LogP contribution in [0.2, 0.25) is 5.02 Å². The van der Waals surface area contributed by atoms with Crippen LogP contribution in [-0.4, -0.2) is 17.8 Å². The Morgan fingerprint density at radius 3 is 2.88 bits per heavy atom. The van der Waals surface area contributed by atoms with Crippen LogP contribution in [0.1, 0.15) is 30.1 Å². The van der Waals surface area contributed by atoms with Gasteiger partial charge in [0.1, 0.15) is 5.82 Å². The Balaban J connectivity index is 2.61. The van der Waals surface area contributed by atoms with Crippen LogP contribution in [-0.2, 0) is 0 Å². The molecule has 0 fully saturated rings. The first-order valence-corrected chi connectivity index (χ1v) is 6.24. The maximum atomic E-state index is 13.1. The summed E-state index contributed by atoms with van der Waals surface area (Å²) in [7, 11) is 0. The minimum absolute atomic E-state index is 0.115. The van der Waals surface area contributed by atoms with Gasteiger partial charge >= 0.3 is 0 Å². The number of rotatable bonds is 5. The van der Waals surface area contributed by atoms with Crippen LogP contribution in [0.3, 0.4) is 0 Å². The van der Waals surface area contributed by atoms with E-state index in [1.165, 1.54) is 18.2 Å². The predicted molar refractivity (Wildman–Crippen MR) is 68.3 cm³/mol. The molecule has 5 heteroatoms. The highest BCUT2D eigenvalue weighted by molar-refractivity contribution is 6.34. The van der Waals surface area contributed by atoms with Gasteiger partial charge in [0, 0.05) is 6.54 Å². The number of hydrogen-bond donors (Lipinski definition) is 1. The molecular formula is C12H14Cl2FNO. The molecule has 1 unspecified atom stereocenters. The van der Waals surface area contributed by atoms with Crippen LogP contribution < -0.4 is 5.32 Å². The normalized spacial score (nSPS) is 12.2. The molecule has 0 radical (unpaired) electrons. The summed E-state index contributed by atoms with van der Waals surface area (Å²) in [6.45, 7) is 2.36. The molecule has 0 aliphatic rings. The van der Waals surface area contributed by atoms with E-state index >= 15 is 0 Å². The SMILES string of the molecule is CCCC(Cl)CNC(=O)c1cccc(F)c1Cl. The number of carbonyl (C=O) groups excluding carboxylic acids is 1. The van der Waals surface area contributed by atoms with Crippen molar-refractivity contribution >= 4 is 29.1 Å². The average Bonchev–Trinajstić information content (AvgIpc) is 2.30. The summed E-state index contributed by atoms with van der Waals surface area (Å²) in [5, 5.41) is 2.35. The third-order valence-electron chi connectivity index (χ3n) is 2.28. The molecule has 0 aromatic heterocycles. The molecular weight excluding hydrogens is 264 g/mol. The van der Waals surface area contributed by atoms with E-state index in [1.54, 1.807) is 0 Å². The number of carbonyl (C=O) groups is 1. The van der Waals surface area contributed by atoms with E-state index in [0.29, 0.717) is 6.54 Å². The number of halogens is 3. The van der Waals surface area contributed by atoms with Crippen molar-refractivity contribution in [3.63, 3.8) is 0 Å². The lowest BCUT2D eigenvalue weighted by Crippen LogP contribution is -2.30. The lowest BCUT2D eigenvalue weighted by molar-refractivity contribution is 0.0953. The zero-order valence-electron chi connectivity index (χ0n) is 9.47. The Bertz CT molecular complexity index is 398. The minimum atomic E-state index is -0.602. The average molecular weight is 278 g/mol. The first kappa shape index (κ1) is 14.3. The zero-order valence-corrected chi connectivity index (χ0v) is 11.0. The van der Waals surface area contributed by atoms with Gasteiger partial charge in [-0.1, -0.05) is 31.0 Å². The van der Waals surface area contributed by atoms with Crippen molar-refractivity contribution in [1.29, 1.82) is 0 Å². The summed E-state index contributed by atoms with van der Waals surface area (Å²) in [5.41, 5.74) is 0.132. The molecule has 0 heterocycles. The minimum Gasteiger partial charge on any atom is -0.351 e. The van der Waals surface area contributed by atoms with Crippen LogP contribution >= 0.6 is 23.2 Å². The fourth-order valence-electron chi connectivity index (χ4n) is 1.39. The van der Waals surface area contributed by atoms with E-state index in [-0.39, 0.29) is 16.0 Å². The quantitative estimate of drug-likeness (QED) is 0.819. The molecule has 17 heavy (non-hydrogen) atoms. The standard InChI is InChI=1S/C12H14Cl2FNO/c1-2-4-8(13)7-16-12(17)9-5-3-6-10(15)11(9)14/h3,5-6,8H,2,4,7H2,1H3,(H,16,17). The number of nitrogens with one attached hydrogen (secondary N) is 1. The van der Waals surface area contributed by atoms with E-state index < -0.39 is 11.7 Å². The van der Waals surface area contributed by atoms with Crippen LogP contribution in [0.15, 0.2) is 18.2 Å². The van der Waals surface area contributed by atoms with Gasteiger partial charge in [0.05, 0.1) is 16.0 Å². The van der Waals surface area contributed by atoms with Crippen molar-refractivity contribution in [1.82, 2.24) is 5.32 Å². The van der Waals surface area contributed by atoms with Crippen molar-refractivity contribution in [2.75, 3.05) is 6.54 Å². The number of hydrogen-bond acceptors (Lipinski definition) is 1. The topological polar surface area (TPSA) is 29.1 Å². The van der Waals surface area contributed by atoms with Crippen molar-refractivity contribution in [3.05, 3.63) is 34.6 Å². The van der Waals surface area contributed by atoms with E-state index in [4.69, 9.17) is 23.2 Å². The van der Waals surface area contributed by atoms with E-state index in [9.17, 15) is 9.18 Å². The Hall–Kier alpha value is -0.800. The van der Waals surface area contributed by atoms with Gasteiger partial charge in [-0.3, -0.25) is 4.79 Å². The summed E-state index contributed by atoms with van der Waals surface area (Å²) in [4.78, 5) is 11.7. The van der Waals surface area contributed by atoms with Crippen LogP contribution in [0, 0.1) is 5.82 Å². The van der Waals surface area contributed by atoms with Crippen LogP contribution in [0.25, 0.3) is 0 Å². The maximum absolute atomic E-state index is 13.1. The Labute approximate surface area is 110 Å². The first-order chi connectivity index (χ1) is 8.06. The summed E-state index contributed by atoms with van der Waals surface area (Å²) in [6, 6.07) is 4.13. The van der Waals surface area contributed by atoms with E-state index in [1.807, 2.05) is 6.92 Å². The number of amides is 1.